The van der Waals surface area contributed by atoms with Crippen molar-refractivity contribution < 1.29 is 4.74 Å². The Bertz CT molecular complexity index is 1040. The quantitative estimate of drug-likeness (QED) is 0.631. The first-order valence-corrected chi connectivity index (χ1v) is 10.4. The topological polar surface area (TPSA) is 74.9 Å². The van der Waals surface area contributed by atoms with Crippen LogP contribution in [0.25, 0.3) is 11.3 Å². The third-order valence-corrected chi connectivity index (χ3v) is 6.24. The second-order valence-corrected chi connectivity index (χ2v) is 8.02. The van der Waals surface area contributed by atoms with Crippen molar-refractivity contribution in [3.05, 3.63) is 66.1 Å². The number of pyridine rings is 1. The maximum Gasteiger partial charge on any atom is 0.225 e. The van der Waals surface area contributed by atoms with Gasteiger partial charge in [0.15, 0.2) is 0 Å². The number of benzene rings is 1. The number of hydrogen-bond acceptors (Lipinski definition) is 6. The lowest BCUT2D eigenvalue weighted by Gasteiger charge is -2.19. The number of aryl methyl sites for hydroxylation is 1. The number of nitriles is 1. The molecule has 3 heterocycles. The van der Waals surface area contributed by atoms with E-state index in [1.54, 1.807) is 18.3 Å². The lowest BCUT2D eigenvalue weighted by Crippen LogP contribution is -2.27. The Morgan fingerprint density at radius 3 is 2.33 bits per heavy atom. The van der Waals surface area contributed by atoms with Gasteiger partial charge in [-0.15, -0.1) is 0 Å². The Kier molecular flexibility index (Phi) is 4.80. The Balaban J connectivity index is 1.12. The van der Waals surface area contributed by atoms with Gasteiger partial charge in [-0.3, -0.25) is 4.98 Å². The van der Waals surface area contributed by atoms with Crippen LogP contribution in [0.1, 0.15) is 18.1 Å². The molecule has 3 aromatic rings. The molecule has 2 aromatic heterocycles. The van der Waals surface area contributed by atoms with Crippen LogP contribution >= 0.6 is 0 Å². The smallest absolute Gasteiger partial charge is 0.225 e. The summed E-state index contributed by atoms with van der Waals surface area (Å²) in [5.41, 5.74) is 3.69. The standard InChI is InChI=1S/C24H23N5O/c1-2-16-10-27-24(28-11-16)29-13-20-21(14-29)22(20)15-30-19-7-8-23(26-12-19)18-5-3-17(9-25)4-6-18/h3-8,10-12,20-22H,2,13-15H2,1H3/t20-,21?,22?/m1/s1. The van der Waals surface area contributed by atoms with Gasteiger partial charge in [-0.25, -0.2) is 9.97 Å². The summed E-state index contributed by atoms with van der Waals surface area (Å²) in [7, 11) is 0. The summed E-state index contributed by atoms with van der Waals surface area (Å²) in [5.74, 6) is 3.60. The molecule has 3 atom stereocenters. The molecular formula is C24H23N5O. The highest BCUT2D eigenvalue weighted by molar-refractivity contribution is 5.60. The molecule has 2 fully saturated rings. The number of ether oxygens (including phenoxy) is 1. The van der Waals surface area contributed by atoms with E-state index in [1.807, 2.05) is 36.7 Å². The van der Waals surface area contributed by atoms with Crippen molar-refractivity contribution in [3.8, 4) is 23.1 Å². The number of rotatable bonds is 6. The highest BCUT2D eigenvalue weighted by Gasteiger charge is 2.56. The van der Waals surface area contributed by atoms with E-state index in [0.717, 1.165) is 49.1 Å². The largest absolute Gasteiger partial charge is 0.492 e. The van der Waals surface area contributed by atoms with E-state index < -0.39 is 0 Å². The highest BCUT2D eigenvalue weighted by Crippen LogP contribution is 2.52. The summed E-state index contributed by atoms with van der Waals surface area (Å²) in [6, 6.07) is 13.5. The molecule has 6 heteroatoms. The van der Waals surface area contributed by atoms with Gasteiger partial charge >= 0.3 is 0 Å². The van der Waals surface area contributed by atoms with Crippen molar-refractivity contribution in [2.45, 2.75) is 13.3 Å². The van der Waals surface area contributed by atoms with Crippen molar-refractivity contribution >= 4 is 5.95 Å². The normalized spacial score (nSPS) is 21.7. The monoisotopic (exact) mass is 397 g/mol. The van der Waals surface area contributed by atoms with Crippen LogP contribution in [0.4, 0.5) is 5.95 Å². The minimum Gasteiger partial charge on any atom is -0.492 e. The zero-order valence-electron chi connectivity index (χ0n) is 16.9. The van der Waals surface area contributed by atoms with E-state index in [1.165, 1.54) is 5.56 Å². The number of fused-ring (bicyclic) bond motifs is 1. The summed E-state index contributed by atoms with van der Waals surface area (Å²) in [6.07, 6.45) is 6.61. The van der Waals surface area contributed by atoms with Crippen molar-refractivity contribution in [1.29, 1.82) is 5.26 Å². The Labute approximate surface area is 176 Å². The van der Waals surface area contributed by atoms with E-state index in [9.17, 15) is 0 Å². The highest BCUT2D eigenvalue weighted by atomic mass is 16.5. The third kappa shape index (κ3) is 3.59. The Hall–Kier alpha value is -3.46. The van der Waals surface area contributed by atoms with E-state index in [0.29, 0.717) is 23.3 Å². The molecule has 30 heavy (non-hydrogen) atoms. The van der Waals surface area contributed by atoms with Crippen LogP contribution in [0.3, 0.4) is 0 Å². The SMILES string of the molecule is CCc1cnc(N2CC3C(COc4ccc(-c5ccc(C#N)cc5)nc4)[C@@H]3C2)nc1. The van der Waals surface area contributed by atoms with Gasteiger partial charge in [0.1, 0.15) is 5.75 Å². The summed E-state index contributed by atoms with van der Waals surface area (Å²) in [6.45, 7) is 4.88. The fourth-order valence-corrected chi connectivity index (χ4v) is 4.30. The summed E-state index contributed by atoms with van der Waals surface area (Å²) in [5, 5.41) is 8.90. The van der Waals surface area contributed by atoms with E-state index in [4.69, 9.17) is 10.00 Å². The average Bonchev–Trinajstić information content (AvgIpc) is 3.26. The predicted molar refractivity (Wildman–Crippen MR) is 114 cm³/mol. The van der Waals surface area contributed by atoms with Crippen LogP contribution in [-0.2, 0) is 6.42 Å². The van der Waals surface area contributed by atoms with E-state index >= 15 is 0 Å². The molecule has 1 saturated carbocycles. The molecule has 1 saturated heterocycles. The molecule has 150 valence electrons. The molecule has 2 unspecified atom stereocenters. The lowest BCUT2D eigenvalue weighted by atomic mass is 10.1. The first kappa shape index (κ1) is 18.6. The summed E-state index contributed by atoms with van der Waals surface area (Å²) < 4.78 is 6.01. The average molecular weight is 397 g/mol. The van der Waals surface area contributed by atoms with Crippen LogP contribution in [0, 0.1) is 29.1 Å². The van der Waals surface area contributed by atoms with Gasteiger partial charge in [-0.05, 0) is 48.1 Å². The molecule has 0 bridgehead atoms. The van der Waals surface area contributed by atoms with Gasteiger partial charge in [0, 0.05) is 37.0 Å². The lowest BCUT2D eigenvalue weighted by molar-refractivity contribution is 0.282. The molecule has 2 aliphatic rings. The van der Waals surface area contributed by atoms with Crippen molar-refractivity contribution in [3.63, 3.8) is 0 Å². The molecule has 5 rings (SSSR count). The molecule has 0 N–H and O–H groups in total. The predicted octanol–water partition coefficient (Wildman–Crippen LogP) is 3.73. The van der Waals surface area contributed by atoms with Crippen LogP contribution in [0.15, 0.2) is 55.0 Å². The maximum absolute atomic E-state index is 8.90. The zero-order valence-corrected chi connectivity index (χ0v) is 16.9. The number of piperidine rings is 1. The second kappa shape index (κ2) is 7.75. The summed E-state index contributed by atoms with van der Waals surface area (Å²) in [4.78, 5) is 15.8. The second-order valence-electron chi connectivity index (χ2n) is 8.02. The van der Waals surface area contributed by atoms with Crippen molar-refractivity contribution in [2.24, 2.45) is 17.8 Å². The molecule has 0 amide bonds. The molecule has 0 spiro atoms. The van der Waals surface area contributed by atoms with E-state index in [2.05, 4.69) is 32.8 Å². The first-order valence-electron chi connectivity index (χ1n) is 10.4. The Morgan fingerprint density at radius 2 is 1.73 bits per heavy atom. The minimum atomic E-state index is 0.606. The van der Waals surface area contributed by atoms with Gasteiger partial charge in [-0.1, -0.05) is 19.1 Å². The Morgan fingerprint density at radius 1 is 1.00 bits per heavy atom. The zero-order chi connectivity index (χ0) is 20.5. The molecule has 6 nitrogen and oxygen atoms in total. The first-order chi connectivity index (χ1) is 14.7. The van der Waals surface area contributed by atoms with Crippen molar-refractivity contribution in [2.75, 3.05) is 24.6 Å². The molecule has 1 aliphatic heterocycles. The van der Waals surface area contributed by atoms with Crippen LogP contribution < -0.4 is 9.64 Å². The minimum absolute atomic E-state index is 0.606. The van der Waals surface area contributed by atoms with Gasteiger partial charge in [0.05, 0.1) is 30.1 Å². The fraction of sp³-hybridized carbons (Fsp3) is 0.333. The van der Waals surface area contributed by atoms with Crippen LogP contribution in [0.5, 0.6) is 5.75 Å². The fourth-order valence-electron chi connectivity index (χ4n) is 4.30. The molecular weight excluding hydrogens is 374 g/mol. The van der Waals surface area contributed by atoms with Gasteiger partial charge in [0.2, 0.25) is 5.95 Å². The van der Waals surface area contributed by atoms with Gasteiger partial charge < -0.3 is 9.64 Å². The number of nitrogens with zero attached hydrogens (tertiary/aromatic N) is 5. The molecule has 1 aromatic carbocycles. The van der Waals surface area contributed by atoms with E-state index in [-0.39, 0.29) is 0 Å². The van der Waals surface area contributed by atoms with Gasteiger partial charge in [-0.2, -0.15) is 5.26 Å². The van der Waals surface area contributed by atoms with Crippen LogP contribution in [0.2, 0.25) is 0 Å². The van der Waals surface area contributed by atoms with Crippen LogP contribution in [-0.4, -0.2) is 34.6 Å². The molecule has 1 aliphatic carbocycles. The van der Waals surface area contributed by atoms with Crippen molar-refractivity contribution in [1.82, 2.24) is 15.0 Å². The summed E-state index contributed by atoms with van der Waals surface area (Å²) >= 11 is 0. The number of aromatic nitrogens is 3. The maximum atomic E-state index is 8.90. The third-order valence-electron chi connectivity index (χ3n) is 6.24. The molecule has 0 radical (unpaired) electrons. The number of hydrogen-bond donors (Lipinski definition) is 0. The number of anilines is 1. The van der Waals surface area contributed by atoms with Gasteiger partial charge in [0.25, 0.3) is 0 Å².